The molecule has 1 saturated heterocycles. The molecule has 1 aliphatic rings. The van der Waals surface area contributed by atoms with E-state index in [0.717, 1.165) is 5.69 Å². The van der Waals surface area contributed by atoms with Crippen LogP contribution < -0.4 is 10.6 Å². The number of piperidine rings is 1. The molecule has 140 valence electrons. The van der Waals surface area contributed by atoms with Gasteiger partial charge in [-0.1, -0.05) is 32.0 Å². The first-order valence-electron chi connectivity index (χ1n) is 8.82. The van der Waals surface area contributed by atoms with Gasteiger partial charge in [0, 0.05) is 37.3 Å². The van der Waals surface area contributed by atoms with Gasteiger partial charge in [0.05, 0.1) is 6.26 Å². The number of carbonyl (C=O) groups excluding carboxylic acids is 1. The highest BCUT2D eigenvalue weighted by Gasteiger charge is 2.29. The van der Waals surface area contributed by atoms with Crippen LogP contribution in [0.4, 0.5) is 5.69 Å². The molecule has 7 heteroatoms. The zero-order chi connectivity index (χ0) is 18.4. The molecule has 2 rings (SSSR count). The molecule has 0 aromatic heterocycles. The van der Waals surface area contributed by atoms with E-state index in [1.165, 1.54) is 10.6 Å². The maximum atomic E-state index is 12.4. The predicted octanol–water partition coefficient (Wildman–Crippen LogP) is 1.91. The van der Waals surface area contributed by atoms with Gasteiger partial charge >= 0.3 is 0 Å². The highest BCUT2D eigenvalue weighted by molar-refractivity contribution is 7.88. The van der Waals surface area contributed by atoms with Gasteiger partial charge in [0.25, 0.3) is 0 Å². The molecule has 1 aromatic carbocycles. The Kier molecular flexibility index (Phi) is 6.84. The molecular weight excluding hydrogens is 338 g/mol. The van der Waals surface area contributed by atoms with E-state index in [1.54, 1.807) is 0 Å². The topological polar surface area (TPSA) is 78.5 Å². The van der Waals surface area contributed by atoms with Crippen LogP contribution in [0.2, 0.25) is 0 Å². The molecule has 1 atom stereocenters. The quantitative estimate of drug-likeness (QED) is 0.772. The summed E-state index contributed by atoms with van der Waals surface area (Å²) in [4.78, 5) is 12.4. The summed E-state index contributed by atoms with van der Waals surface area (Å²) < 4.78 is 24.5. The first-order chi connectivity index (χ1) is 11.8. The van der Waals surface area contributed by atoms with Crippen LogP contribution in [0.3, 0.4) is 0 Å². The minimum Gasteiger partial charge on any atom is -0.380 e. The van der Waals surface area contributed by atoms with Gasteiger partial charge in [0.2, 0.25) is 15.9 Å². The number of hydrogen-bond donors (Lipinski definition) is 2. The Morgan fingerprint density at radius 1 is 1.20 bits per heavy atom. The van der Waals surface area contributed by atoms with Crippen molar-refractivity contribution in [3.05, 3.63) is 30.3 Å². The zero-order valence-corrected chi connectivity index (χ0v) is 16.1. The second-order valence-electron chi connectivity index (χ2n) is 7.04. The van der Waals surface area contributed by atoms with Gasteiger partial charge in [-0.05, 0) is 30.9 Å². The maximum absolute atomic E-state index is 12.4. The Hall–Kier alpha value is -1.60. The van der Waals surface area contributed by atoms with Gasteiger partial charge < -0.3 is 10.6 Å². The monoisotopic (exact) mass is 367 g/mol. The second-order valence-corrected chi connectivity index (χ2v) is 9.02. The standard InChI is InChI=1S/C18H29N3O3S/c1-14(2)17(20-16-7-5-4-6-8-16)13-19-18(22)15-9-11-21(12-10-15)25(3,23)24/h4-8,14-15,17,20H,9-13H2,1-3H3,(H,19,22). The summed E-state index contributed by atoms with van der Waals surface area (Å²) in [5, 5.41) is 6.50. The number of carbonyl (C=O) groups is 1. The van der Waals surface area contributed by atoms with Crippen LogP contribution in [0.5, 0.6) is 0 Å². The van der Waals surface area contributed by atoms with E-state index < -0.39 is 10.0 Å². The predicted molar refractivity (Wildman–Crippen MR) is 101 cm³/mol. The third kappa shape index (κ3) is 6.01. The van der Waals surface area contributed by atoms with Crippen LogP contribution in [0.15, 0.2) is 30.3 Å². The molecule has 2 N–H and O–H groups in total. The van der Waals surface area contributed by atoms with Gasteiger partial charge in [-0.15, -0.1) is 0 Å². The van der Waals surface area contributed by atoms with Crippen LogP contribution in [-0.4, -0.2) is 50.6 Å². The molecular formula is C18H29N3O3S. The van der Waals surface area contributed by atoms with Crippen molar-refractivity contribution >= 4 is 21.6 Å². The van der Waals surface area contributed by atoms with Crippen molar-refractivity contribution < 1.29 is 13.2 Å². The number of amides is 1. The van der Waals surface area contributed by atoms with Crippen molar-refractivity contribution in [2.24, 2.45) is 11.8 Å². The lowest BCUT2D eigenvalue weighted by Crippen LogP contribution is -2.45. The maximum Gasteiger partial charge on any atom is 0.223 e. The number of rotatable bonds is 7. The van der Waals surface area contributed by atoms with Gasteiger partial charge in [-0.25, -0.2) is 12.7 Å². The number of benzene rings is 1. The van der Waals surface area contributed by atoms with E-state index in [9.17, 15) is 13.2 Å². The van der Waals surface area contributed by atoms with Crippen molar-refractivity contribution in [3.63, 3.8) is 0 Å². The Morgan fingerprint density at radius 2 is 1.80 bits per heavy atom. The summed E-state index contributed by atoms with van der Waals surface area (Å²) in [6.45, 7) is 5.64. The average molecular weight is 368 g/mol. The second kappa shape index (κ2) is 8.67. The molecule has 0 saturated carbocycles. The number of hydrogen-bond acceptors (Lipinski definition) is 4. The molecule has 1 unspecified atom stereocenters. The van der Waals surface area contributed by atoms with E-state index in [1.807, 2.05) is 30.3 Å². The van der Waals surface area contributed by atoms with Crippen LogP contribution in [-0.2, 0) is 14.8 Å². The van der Waals surface area contributed by atoms with Gasteiger partial charge in [0.15, 0.2) is 0 Å². The van der Waals surface area contributed by atoms with E-state index in [-0.39, 0.29) is 17.9 Å². The summed E-state index contributed by atoms with van der Waals surface area (Å²) in [7, 11) is -3.15. The highest BCUT2D eigenvalue weighted by Crippen LogP contribution is 2.19. The first-order valence-corrected chi connectivity index (χ1v) is 10.7. The lowest BCUT2D eigenvalue weighted by molar-refractivity contribution is -0.126. The fraction of sp³-hybridized carbons (Fsp3) is 0.611. The van der Waals surface area contributed by atoms with Gasteiger partial charge in [-0.3, -0.25) is 4.79 Å². The molecule has 1 amide bonds. The van der Waals surface area contributed by atoms with Gasteiger partial charge in [0.1, 0.15) is 0 Å². The summed E-state index contributed by atoms with van der Waals surface area (Å²) >= 11 is 0. The molecule has 0 radical (unpaired) electrons. The molecule has 6 nitrogen and oxygen atoms in total. The smallest absolute Gasteiger partial charge is 0.223 e. The molecule has 1 fully saturated rings. The normalized spacial score (nSPS) is 18.1. The summed E-state index contributed by atoms with van der Waals surface area (Å²) in [6.07, 6.45) is 2.38. The largest absolute Gasteiger partial charge is 0.380 e. The Bertz CT molecular complexity index is 653. The Morgan fingerprint density at radius 3 is 2.32 bits per heavy atom. The first kappa shape index (κ1) is 19.7. The molecule has 1 aliphatic heterocycles. The lowest BCUT2D eigenvalue weighted by atomic mass is 9.96. The van der Waals surface area contributed by atoms with Crippen LogP contribution in [0.1, 0.15) is 26.7 Å². The van der Waals surface area contributed by atoms with E-state index in [4.69, 9.17) is 0 Å². The van der Waals surface area contributed by atoms with Crippen molar-refractivity contribution in [3.8, 4) is 0 Å². The molecule has 0 spiro atoms. The SMILES string of the molecule is CC(C)C(CNC(=O)C1CCN(S(C)(=O)=O)CC1)Nc1ccccc1. The fourth-order valence-electron chi connectivity index (χ4n) is 3.01. The minimum atomic E-state index is -3.15. The molecule has 25 heavy (non-hydrogen) atoms. The number of nitrogens with one attached hydrogen (secondary N) is 2. The third-order valence-electron chi connectivity index (χ3n) is 4.72. The van der Waals surface area contributed by atoms with E-state index in [0.29, 0.717) is 38.4 Å². The van der Waals surface area contributed by atoms with Crippen LogP contribution in [0, 0.1) is 11.8 Å². The van der Waals surface area contributed by atoms with E-state index in [2.05, 4.69) is 24.5 Å². The Balaban J connectivity index is 1.83. The fourth-order valence-corrected chi connectivity index (χ4v) is 3.88. The molecule has 0 aliphatic carbocycles. The van der Waals surface area contributed by atoms with Crippen molar-refractivity contribution in [2.45, 2.75) is 32.7 Å². The third-order valence-corrected chi connectivity index (χ3v) is 6.02. The minimum absolute atomic E-state index is 0.0219. The Labute approximate surface area is 151 Å². The van der Waals surface area contributed by atoms with Crippen molar-refractivity contribution in [1.82, 2.24) is 9.62 Å². The lowest BCUT2D eigenvalue weighted by Gasteiger charge is -2.30. The molecule has 1 heterocycles. The highest BCUT2D eigenvalue weighted by atomic mass is 32.2. The number of para-hydroxylation sites is 1. The summed E-state index contributed by atoms with van der Waals surface area (Å²) in [6, 6.07) is 10.1. The molecule has 0 bridgehead atoms. The zero-order valence-electron chi connectivity index (χ0n) is 15.2. The summed E-state index contributed by atoms with van der Waals surface area (Å²) in [5.74, 6) is 0.281. The van der Waals surface area contributed by atoms with Crippen molar-refractivity contribution in [1.29, 1.82) is 0 Å². The number of anilines is 1. The van der Waals surface area contributed by atoms with Crippen LogP contribution in [0.25, 0.3) is 0 Å². The summed E-state index contributed by atoms with van der Waals surface area (Å²) in [5.41, 5.74) is 1.04. The number of sulfonamides is 1. The van der Waals surface area contributed by atoms with Crippen molar-refractivity contribution in [2.75, 3.05) is 31.2 Å². The average Bonchev–Trinajstić information content (AvgIpc) is 2.58. The van der Waals surface area contributed by atoms with Gasteiger partial charge in [-0.2, -0.15) is 0 Å². The van der Waals surface area contributed by atoms with E-state index >= 15 is 0 Å². The van der Waals surface area contributed by atoms with Crippen LogP contribution >= 0.6 is 0 Å². The molecule has 1 aromatic rings. The number of nitrogens with zero attached hydrogens (tertiary/aromatic N) is 1.